The fraction of sp³-hybridized carbons (Fsp3) is 0.263. The van der Waals surface area contributed by atoms with Crippen molar-refractivity contribution in [1.82, 2.24) is 0 Å². The minimum atomic E-state index is 1.07. The van der Waals surface area contributed by atoms with E-state index in [-0.39, 0.29) is 0 Å². The number of nitrogens with zero attached hydrogens (tertiary/aromatic N) is 2. The number of aliphatic imine (C=N–C) groups is 2. The molecule has 1 aromatic rings. The van der Waals surface area contributed by atoms with Gasteiger partial charge >= 0.3 is 0 Å². The molecule has 0 saturated carbocycles. The zero-order chi connectivity index (χ0) is 16.1. The normalized spacial score (nSPS) is 16.3. The van der Waals surface area contributed by atoms with Crippen LogP contribution >= 0.6 is 0 Å². The lowest BCUT2D eigenvalue weighted by Gasteiger charge is -2.06. The summed E-state index contributed by atoms with van der Waals surface area (Å²) in [5.74, 6) is 0. The summed E-state index contributed by atoms with van der Waals surface area (Å²) in [6.45, 7) is 8.25. The van der Waals surface area contributed by atoms with Gasteiger partial charge in [0.1, 0.15) is 0 Å². The summed E-state index contributed by atoms with van der Waals surface area (Å²) < 4.78 is 0. The minimum Gasteiger partial charge on any atom is -0.296 e. The molecular weight excluding hydrogens is 267 g/mol. The van der Waals surface area contributed by atoms with E-state index in [1.54, 1.807) is 7.05 Å². The number of rotatable bonds is 4. The first-order valence-electron chi connectivity index (χ1n) is 7.53. The van der Waals surface area contributed by atoms with Gasteiger partial charge in [-0.1, -0.05) is 41.9 Å². The smallest absolute Gasteiger partial charge is 0.213 e. The molecule has 0 fully saturated rings. The van der Waals surface area contributed by atoms with Crippen molar-refractivity contribution >= 4 is 30.3 Å². The second-order valence-electron chi connectivity index (χ2n) is 5.47. The van der Waals surface area contributed by atoms with Crippen LogP contribution in [0.1, 0.15) is 38.8 Å². The summed E-state index contributed by atoms with van der Waals surface area (Å²) in [6.07, 6.45) is 6.17. The molecule has 0 bridgehead atoms. The van der Waals surface area contributed by atoms with Crippen molar-refractivity contribution in [3.05, 3.63) is 58.7 Å². The molecule has 1 radical (unpaired) electrons. The van der Waals surface area contributed by atoms with Crippen LogP contribution in [0.3, 0.4) is 0 Å². The fourth-order valence-corrected chi connectivity index (χ4v) is 2.53. The molecule has 0 saturated heterocycles. The molecule has 3 heteroatoms. The third-order valence-corrected chi connectivity index (χ3v) is 3.75. The fourth-order valence-electron chi connectivity index (χ4n) is 2.53. The lowest BCUT2D eigenvalue weighted by atomic mass is 9.66. The molecule has 1 aliphatic heterocycles. The first-order valence-corrected chi connectivity index (χ1v) is 7.53. The Morgan fingerprint density at radius 3 is 2.27 bits per heavy atom. The molecule has 0 atom stereocenters. The standard InChI is InChI=1S/C19H22BN2/c1-6-16(12-21-5)18-9-7-17(8-10-18)13(2)11-19-14(3)22-15(4)20-19/h6-12H,1-5H3/b13-11+,16-6+,21-12?. The van der Waals surface area contributed by atoms with E-state index in [1.165, 1.54) is 22.2 Å². The second-order valence-corrected chi connectivity index (χ2v) is 5.47. The lowest BCUT2D eigenvalue weighted by Crippen LogP contribution is -2.01. The van der Waals surface area contributed by atoms with Crippen molar-refractivity contribution < 1.29 is 0 Å². The predicted molar refractivity (Wildman–Crippen MR) is 99.7 cm³/mol. The molecule has 0 amide bonds. The summed E-state index contributed by atoms with van der Waals surface area (Å²) in [5.41, 5.74) is 8.16. The molecule has 0 aliphatic carbocycles. The molecule has 0 unspecified atom stereocenters. The zero-order valence-electron chi connectivity index (χ0n) is 14.0. The number of benzene rings is 1. The van der Waals surface area contributed by atoms with Gasteiger partial charge in [0.25, 0.3) is 0 Å². The molecule has 111 valence electrons. The van der Waals surface area contributed by atoms with Crippen molar-refractivity contribution in [3.63, 3.8) is 0 Å². The van der Waals surface area contributed by atoms with Crippen LogP contribution in [0.25, 0.3) is 11.1 Å². The summed E-state index contributed by atoms with van der Waals surface area (Å²) in [5, 5.41) is 0. The van der Waals surface area contributed by atoms with Crippen LogP contribution < -0.4 is 0 Å². The van der Waals surface area contributed by atoms with E-state index in [0.717, 1.165) is 16.9 Å². The highest BCUT2D eigenvalue weighted by Crippen LogP contribution is 2.22. The van der Waals surface area contributed by atoms with E-state index < -0.39 is 0 Å². The van der Waals surface area contributed by atoms with Crippen molar-refractivity contribution in [2.24, 2.45) is 9.98 Å². The van der Waals surface area contributed by atoms with Crippen molar-refractivity contribution in [1.29, 1.82) is 0 Å². The van der Waals surface area contributed by atoms with Gasteiger partial charge in [-0.2, -0.15) is 0 Å². The topological polar surface area (TPSA) is 24.7 Å². The van der Waals surface area contributed by atoms with Gasteiger partial charge in [0.2, 0.25) is 7.28 Å². The van der Waals surface area contributed by atoms with Crippen LogP contribution in [0.5, 0.6) is 0 Å². The molecule has 2 rings (SSSR count). The Morgan fingerprint density at radius 1 is 1.14 bits per heavy atom. The quantitative estimate of drug-likeness (QED) is 0.573. The highest BCUT2D eigenvalue weighted by molar-refractivity contribution is 6.82. The van der Waals surface area contributed by atoms with E-state index in [4.69, 9.17) is 0 Å². The van der Waals surface area contributed by atoms with Crippen molar-refractivity contribution in [2.45, 2.75) is 27.7 Å². The predicted octanol–water partition coefficient (Wildman–Crippen LogP) is 4.56. The van der Waals surface area contributed by atoms with Gasteiger partial charge in [-0.05, 0) is 55.6 Å². The maximum atomic E-state index is 4.46. The number of allylic oxidation sites excluding steroid dienone is 6. The summed E-state index contributed by atoms with van der Waals surface area (Å²) in [6, 6.07) is 8.61. The Kier molecular flexibility index (Phi) is 5.32. The van der Waals surface area contributed by atoms with E-state index >= 15 is 0 Å². The number of hydrogen-bond donors (Lipinski definition) is 0. The molecule has 2 nitrogen and oxygen atoms in total. The molecule has 0 aromatic heterocycles. The van der Waals surface area contributed by atoms with Gasteiger partial charge in [-0.3, -0.25) is 9.98 Å². The van der Waals surface area contributed by atoms with Gasteiger partial charge < -0.3 is 0 Å². The monoisotopic (exact) mass is 289 g/mol. The Balaban J connectivity index is 2.22. The largest absolute Gasteiger partial charge is 0.296 e. The van der Waals surface area contributed by atoms with Crippen molar-refractivity contribution in [2.75, 3.05) is 7.05 Å². The van der Waals surface area contributed by atoms with E-state index in [0.29, 0.717) is 0 Å². The Labute approximate surface area is 134 Å². The molecule has 1 aliphatic rings. The summed E-state index contributed by atoms with van der Waals surface area (Å²) >= 11 is 0. The Bertz CT molecular complexity index is 701. The van der Waals surface area contributed by atoms with Crippen LogP contribution in [0.15, 0.2) is 57.6 Å². The molecule has 22 heavy (non-hydrogen) atoms. The third-order valence-electron chi connectivity index (χ3n) is 3.75. The molecule has 1 aromatic carbocycles. The Hall–Kier alpha value is -2.16. The SMILES string of the molecule is C/C=C(\C=NC)c1ccc(/C(C)=C/C2=C(C)N=C(C)[B]2)cc1. The Morgan fingerprint density at radius 2 is 1.77 bits per heavy atom. The van der Waals surface area contributed by atoms with Crippen LogP contribution in [0.2, 0.25) is 0 Å². The van der Waals surface area contributed by atoms with E-state index in [9.17, 15) is 0 Å². The summed E-state index contributed by atoms with van der Waals surface area (Å²) in [4.78, 5) is 8.56. The van der Waals surface area contributed by atoms with Gasteiger partial charge in [0.05, 0.1) is 0 Å². The maximum Gasteiger partial charge on any atom is 0.213 e. The summed E-state index contributed by atoms with van der Waals surface area (Å²) in [7, 11) is 3.92. The first kappa shape index (κ1) is 16.2. The van der Waals surface area contributed by atoms with Gasteiger partial charge in [0, 0.05) is 19.0 Å². The van der Waals surface area contributed by atoms with Crippen LogP contribution in [-0.2, 0) is 0 Å². The first-order chi connectivity index (χ1) is 10.5. The minimum absolute atomic E-state index is 1.07. The van der Waals surface area contributed by atoms with Gasteiger partial charge in [-0.25, -0.2) is 0 Å². The van der Waals surface area contributed by atoms with Crippen LogP contribution in [0, 0.1) is 0 Å². The van der Waals surface area contributed by atoms with E-state index in [1.807, 2.05) is 20.1 Å². The van der Waals surface area contributed by atoms with Crippen molar-refractivity contribution in [3.8, 4) is 0 Å². The maximum absolute atomic E-state index is 4.46. The lowest BCUT2D eigenvalue weighted by molar-refractivity contribution is 1.31. The molecular formula is C19H22BN2. The van der Waals surface area contributed by atoms with Gasteiger partial charge in [-0.15, -0.1) is 0 Å². The molecule has 0 spiro atoms. The van der Waals surface area contributed by atoms with Crippen LogP contribution in [-0.4, -0.2) is 26.2 Å². The van der Waals surface area contributed by atoms with E-state index in [2.05, 4.69) is 67.5 Å². The average molecular weight is 289 g/mol. The van der Waals surface area contributed by atoms with Gasteiger partial charge in [0.15, 0.2) is 0 Å². The van der Waals surface area contributed by atoms with Crippen LogP contribution in [0.4, 0.5) is 0 Å². The molecule has 0 N–H and O–H groups in total. The third kappa shape index (κ3) is 3.73. The number of hydrogen-bond acceptors (Lipinski definition) is 2. The second kappa shape index (κ2) is 7.21. The average Bonchev–Trinajstić information content (AvgIpc) is 2.82. The molecule has 1 heterocycles. The highest BCUT2D eigenvalue weighted by Gasteiger charge is 2.11. The highest BCUT2D eigenvalue weighted by atomic mass is 14.7. The zero-order valence-corrected chi connectivity index (χ0v) is 14.0.